The number of carbonyl (C=O) groups excluding carboxylic acids is 1. The van der Waals surface area contributed by atoms with Crippen LogP contribution in [0.25, 0.3) is 0 Å². The van der Waals surface area contributed by atoms with Crippen molar-refractivity contribution in [3.8, 4) is 0 Å². The summed E-state index contributed by atoms with van der Waals surface area (Å²) in [5.74, 6) is 0. The molecule has 2 N–H and O–H groups in total. The third-order valence-corrected chi connectivity index (χ3v) is 5.47. The van der Waals surface area contributed by atoms with Gasteiger partial charge in [0, 0.05) is 13.0 Å². The maximum absolute atomic E-state index is 11.7. The van der Waals surface area contributed by atoms with Crippen molar-refractivity contribution in [3.05, 3.63) is 17.0 Å². The lowest BCUT2D eigenvalue weighted by molar-refractivity contribution is 0.242. The molecule has 0 unspecified atom stereocenters. The summed E-state index contributed by atoms with van der Waals surface area (Å²) in [6.45, 7) is 5.18. The van der Waals surface area contributed by atoms with Crippen LogP contribution in [0.2, 0.25) is 0 Å². The number of amides is 2. The first-order valence-corrected chi connectivity index (χ1v) is 11.8. The number of unbranched alkanes of at least 4 members (excludes halogenated alkanes) is 14. The number of hydrogen-bond donors (Lipinski definition) is 2. The molecule has 0 radical (unpaired) electrons. The van der Waals surface area contributed by atoms with Crippen molar-refractivity contribution < 1.29 is 4.79 Å². The average molecular weight is 377 g/mol. The van der Waals surface area contributed by atoms with Gasteiger partial charge in [-0.2, -0.15) is 0 Å². The molecule has 0 saturated heterocycles. The molecule has 2 amide bonds. The van der Waals surface area contributed by atoms with Gasteiger partial charge in [0.25, 0.3) is 0 Å². The summed E-state index contributed by atoms with van der Waals surface area (Å²) >= 11 is 0. The zero-order valence-corrected chi connectivity index (χ0v) is 18.1. The summed E-state index contributed by atoms with van der Waals surface area (Å²) in [7, 11) is 0. The third kappa shape index (κ3) is 13.6. The van der Waals surface area contributed by atoms with Gasteiger partial charge in [0.1, 0.15) is 0 Å². The van der Waals surface area contributed by atoms with Crippen LogP contribution < -0.4 is 10.6 Å². The number of urea groups is 1. The van der Waals surface area contributed by atoms with Crippen LogP contribution in [0, 0.1) is 0 Å². The van der Waals surface area contributed by atoms with Crippen molar-refractivity contribution in [1.29, 1.82) is 0 Å². The van der Waals surface area contributed by atoms with E-state index in [4.69, 9.17) is 0 Å². The van der Waals surface area contributed by atoms with Crippen LogP contribution in [0.15, 0.2) is 17.0 Å². The van der Waals surface area contributed by atoms with Gasteiger partial charge in [-0.05, 0) is 18.4 Å². The van der Waals surface area contributed by atoms with E-state index in [1.165, 1.54) is 95.5 Å². The van der Waals surface area contributed by atoms with E-state index in [9.17, 15) is 4.79 Å². The summed E-state index contributed by atoms with van der Waals surface area (Å²) in [5, 5.41) is 5.81. The van der Waals surface area contributed by atoms with Crippen LogP contribution in [-0.4, -0.2) is 12.6 Å². The Morgan fingerprint density at radius 2 is 1.22 bits per heavy atom. The highest BCUT2D eigenvalue weighted by Gasteiger charge is 2.11. The third-order valence-electron chi connectivity index (χ3n) is 5.47. The molecule has 0 aromatic heterocycles. The van der Waals surface area contributed by atoms with Crippen LogP contribution >= 0.6 is 0 Å². The lowest BCUT2D eigenvalue weighted by Crippen LogP contribution is -2.36. The molecule has 0 aliphatic heterocycles. The standard InChI is InChI=1S/C24H44N2O/c1-3-5-6-7-8-9-10-11-12-13-14-15-16-17-18-19-25-24(27)26-23-20-22(4-2)21-23/h3-20H2,1-2H3,(H2,25,26,27). The molecule has 1 rings (SSSR count). The number of hydrogen-bond acceptors (Lipinski definition) is 1. The molecule has 3 nitrogen and oxygen atoms in total. The lowest BCUT2D eigenvalue weighted by Gasteiger charge is -2.15. The van der Waals surface area contributed by atoms with E-state index < -0.39 is 0 Å². The molecule has 0 atom stereocenters. The van der Waals surface area contributed by atoms with Gasteiger partial charge in [-0.3, -0.25) is 0 Å². The van der Waals surface area contributed by atoms with E-state index in [1.807, 2.05) is 0 Å². The first-order valence-electron chi connectivity index (χ1n) is 11.8. The first-order chi connectivity index (χ1) is 13.3. The van der Waals surface area contributed by atoms with E-state index in [0.29, 0.717) is 0 Å². The maximum atomic E-state index is 11.7. The minimum Gasteiger partial charge on any atom is -0.338 e. The molecule has 0 heterocycles. The topological polar surface area (TPSA) is 41.1 Å². The fraction of sp³-hybridized carbons (Fsp3) is 0.833. The van der Waals surface area contributed by atoms with Crippen molar-refractivity contribution in [2.24, 2.45) is 0 Å². The largest absolute Gasteiger partial charge is 0.338 e. The Kier molecular flexibility index (Phi) is 14.9. The fourth-order valence-electron chi connectivity index (χ4n) is 3.58. The highest BCUT2D eigenvalue weighted by molar-refractivity contribution is 5.76. The van der Waals surface area contributed by atoms with Crippen LogP contribution in [0.3, 0.4) is 0 Å². The zero-order chi connectivity index (χ0) is 19.6. The molecule has 1 aliphatic carbocycles. The summed E-state index contributed by atoms with van der Waals surface area (Å²) in [6.07, 6.45) is 22.5. The molecule has 0 bridgehead atoms. The second-order valence-electron chi connectivity index (χ2n) is 8.07. The van der Waals surface area contributed by atoms with Gasteiger partial charge in [-0.1, -0.05) is 109 Å². The maximum Gasteiger partial charge on any atom is 0.319 e. The van der Waals surface area contributed by atoms with E-state index in [-0.39, 0.29) is 6.03 Å². The molecule has 1 aliphatic rings. The minimum absolute atomic E-state index is 0.0713. The SMILES string of the molecule is CCCCCCCCCCCCCCCCCNC(=O)NC1=C=C(CC)C1. The Bertz CT molecular complexity index is 449. The van der Waals surface area contributed by atoms with Crippen LogP contribution in [-0.2, 0) is 0 Å². The second kappa shape index (κ2) is 16.9. The Labute approximate surface area is 168 Å². The van der Waals surface area contributed by atoms with Crippen LogP contribution in [0.1, 0.15) is 123 Å². The lowest BCUT2D eigenvalue weighted by atomic mass is 10.0. The molecule has 27 heavy (non-hydrogen) atoms. The van der Waals surface area contributed by atoms with Crippen molar-refractivity contribution in [1.82, 2.24) is 10.6 Å². The normalized spacial score (nSPS) is 13.0. The summed E-state index contributed by atoms with van der Waals surface area (Å²) in [4.78, 5) is 11.7. The zero-order valence-electron chi connectivity index (χ0n) is 18.1. The number of nitrogens with one attached hydrogen (secondary N) is 2. The van der Waals surface area contributed by atoms with Crippen LogP contribution in [0.5, 0.6) is 0 Å². The van der Waals surface area contributed by atoms with E-state index in [0.717, 1.165) is 31.5 Å². The van der Waals surface area contributed by atoms with E-state index >= 15 is 0 Å². The Hall–Kier alpha value is -1.21. The summed E-state index contributed by atoms with van der Waals surface area (Å²) < 4.78 is 0. The summed E-state index contributed by atoms with van der Waals surface area (Å²) in [5.41, 5.74) is 5.41. The summed E-state index contributed by atoms with van der Waals surface area (Å²) in [6, 6.07) is -0.0713. The van der Waals surface area contributed by atoms with Gasteiger partial charge in [0.15, 0.2) is 0 Å². The Morgan fingerprint density at radius 3 is 1.67 bits per heavy atom. The molecule has 156 valence electrons. The van der Waals surface area contributed by atoms with Crippen molar-refractivity contribution in [2.75, 3.05) is 6.54 Å². The van der Waals surface area contributed by atoms with Gasteiger partial charge in [-0.25, -0.2) is 4.79 Å². The van der Waals surface area contributed by atoms with Gasteiger partial charge in [-0.15, -0.1) is 0 Å². The van der Waals surface area contributed by atoms with Gasteiger partial charge in [0.05, 0.1) is 5.70 Å². The molecular weight excluding hydrogens is 332 g/mol. The van der Waals surface area contributed by atoms with Crippen molar-refractivity contribution in [2.45, 2.75) is 123 Å². The van der Waals surface area contributed by atoms with Gasteiger partial charge < -0.3 is 10.6 Å². The molecule has 0 aromatic carbocycles. The van der Waals surface area contributed by atoms with Gasteiger partial charge >= 0.3 is 6.03 Å². The number of carbonyl (C=O) groups is 1. The smallest absolute Gasteiger partial charge is 0.319 e. The highest BCUT2D eigenvalue weighted by Crippen LogP contribution is 2.19. The number of rotatable bonds is 18. The molecular formula is C24H44N2O. The first kappa shape index (κ1) is 23.8. The quantitative estimate of drug-likeness (QED) is 0.190. The van der Waals surface area contributed by atoms with Crippen molar-refractivity contribution in [3.63, 3.8) is 0 Å². The van der Waals surface area contributed by atoms with E-state index in [1.54, 1.807) is 0 Å². The fourth-order valence-corrected chi connectivity index (χ4v) is 3.58. The van der Waals surface area contributed by atoms with Gasteiger partial charge in [0.2, 0.25) is 0 Å². The molecule has 0 aromatic rings. The predicted molar refractivity (Wildman–Crippen MR) is 117 cm³/mol. The predicted octanol–water partition coefficient (Wildman–Crippen LogP) is 7.38. The van der Waals surface area contributed by atoms with Crippen LogP contribution in [0.4, 0.5) is 4.79 Å². The Morgan fingerprint density at radius 1 is 0.778 bits per heavy atom. The second-order valence-corrected chi connectivity index (χ2v) is 8.07. The monoisotopic (exact) mass is 376 g/mol. The minimum atomic E-state index is -0.0713. The molecule has 0 spiro atoms. The van der Waals surface area contributed by atoms with E-state index in [2.05, 4.69) is 30.2 Å². The average Bonchev–Trinajstić information content (AvgIpc) is 2.64. The Balaban J connectivity index is 1.74. The highest BCUT2D eigenvalue weighted by atomic mass is 16.2. The molecule has 0 saturated carbocycles. The molecule has 0 fully saturated rings. The van der Waals surface area contributed by atoms with Crippen molar-refractivity contribution >= 4 is 6.03 Å². The molecule has 3 heteroatoms.